The second kappa shape index (κ2) is 7.27. The van der Waals surface area contributed by atoms with Gasteiger partial charge in [0.15, 0.2) is 5.16 Å². The molecule has 24 heavy (non-hydrogen) atoms. The van der Waals surface area contributed by atoms with Crippen molar-refractivity contribution in [3.8, 4) is 5.69 Å². The van der Waals surface area contributed by atoms with Gasteiger partial charge in [0, 0.05) is 17.9 Å². The molecule has 0 aliphatic heterocycles. The number of halogens is 1. The highest BCUT2D eigenvalue weighted by Gasteiger charge is 2.16. The van der Waals surface area contributed by atoms with Crippen LogP contribution in [0.5, 0.6) is 0 Å². The van der Waals surface area contributed by atoms with Crippen molar-refractivity contribution < 1.29 is 0 Å². The van der Waals surface area contributed by atoms with Crippen LogP contribution in [-0.2, 0) is 12.3 Å². The Bertz CT molecular complexity index is 884. The third-order valence-electron chi connectivity index (χ3n) is 3.64. The van der Waals surface area contributed by atoms with Gasteiger partial charge in [0.1, 0.15) is 5.15 Å². The van der Waals surface area contributed by atoms with Gasteiger partial charge in [-0.2, -0.15) is 5.10 Å². The summed E-state index contributed by atoms with van der Waals surface area (Å²) in [6, 6.07) is 9.77. The van der Waals surface area contributed by atoms with E-state index in [1.807, 2.05) is 44.2 Å². The van der Waals surface area contributed by atoms with Crippen molar-refractivity contribution in [1.29, 1.82) is 0 Å². The van der Waals surface area contributed by atoms with Crippen LogP contribution in [0, 0.1) is 6.92 Å². The Labute approximate surface area is 148 Å². The molecule has 1 N–H and O–H groups in total. The van der Waals surface area contributed by atoms with E-state index in [2.05, 4.69) is 15.3 Å². The number of benzene rings is 1. The molecule has 0 spiro atoms. The van der Waals surface area contributed by atoms with Crippen molar-refractivity contribution in [3.05, 3.63) is 57.2 Å². The van der Waals surface area contributed by atoms with Crippen LogP contribution in [0.4, 0.5) is 0 Å². The maximum atomic E-state index is 11.8. The van der Waals surface area contributed by atoms with Crippen molar-refractivity contribution >= 4 is 23.4 Å². The zero-order chi connectivity index (χ0) is 17.1. The summed E-state index contributed by atoms with van der Waals surface area (Å²) in [7, 11) is 0. The number of aromatic nitrogens is 5. The molecule has 6 nitrogen and oxygen atoms in total. The van der Waals surface area contributed by atoms with Crippen molar-refractivity contribution in [2.24, 2.45) is 0 Å². The fourth-order valence-electron chi connectivity index (χ4n) is 2.41. The lowest BCUT2D eigenvalue weighted by Crippen LogP contribution is -2.17. The molecule has 8 heteroatoms. The first-order valence-corrected chi connectivity index (χ1v) is 9.05. The first-order valence-electron chi connectivity index (χ1n) is 7.69. The molecule has 0 saturated heterocycles. The molecule has 0 saturated carbocycles. The Morgan fingerprint density at radius 2 is 2.04 bits per heavy atom. The minimum atomic E-state index is -0.179. The molecule has 1 aromatic carbocycles. The summed E-state index contributed by atoms with van der Waals surface area (Å²) in [4.78, 5) is 11.8. The lowest BCUT2D eigenvalue weighted by molar-refractivity contribution is 0.604. The van der Waals surface area contributed by atoms with Gasteiger partial charge in [-0.3, -0.25) is 4.57 Å². The summed E-state index contributed by atoms with van der Waals surface area (Å²) in [5.74, 6) is 0.603. The summed E-state index contributed by atoms with van der Waals surface area (Å²) in [6.07, 6.45) is 0.874. The maximum absolute atomic E-state index is 11.8. The van der Waals surface area contributed by atoms with E-state index in [1.165, 1.54) is 11.8 Å². The van der Waals surface area contributed by atoms with E-state index in [0.29, 0.717) is 22.6 Å². The number of H-pyrrole nitrogens is 1. The van der Waals surface area contributed by atoms with Crippen LogP contribution < -0.4 is 5.69 Å². The molecule has 0 aliphatic rings. The molecule has 0 aliphatic carbocycles. The Balaban J connectivity index is 1.84. The molecule has 0 amide bonds. The highest BCUT2D eigenvalue weighted by atomic mass is 35.5. The highest BCUT2D eigenvalue weighted by molar-refractivity contribution is 7.98. The second-order valence-electron chi connectivity index (χ2n) is 5.35. The first kappa shape index (κ1) is 16.9. The SMILES string of the molecule is CCCn1c(SCc2c(C)nn(-c3ccccc3)c2Cl)n[nH]c1=O. The Morgan fingerprint density at radius 1 is 1.29 bits per heavy atom. The standard InChI is InChI=1S/C16H18ClN5OS/c1-3-9-21-15(23)18-19-16(21)24-10-13-11(2)20-22(14(13)17)12-7-5-4-6-8-12/h4-8H,3,9-10H2,1-2H3,(H,18,23). The van der Waals surface area contributed by atoms with Crippen LogP contribution in [0.15, 0.2) is 40.3 Å². The normalized spacial score (nSPS) is 11.1. The van der Waals surface area contributed by atoms with Crippen LogP contribution in [0.25, 0.3) is 5.69 Å². The minimum Gasteiger partial charge on any atom is -0.270 e. The van der Waals surface area contributed by atoms with E-state index in [9.17, 15) is 4.79 Å². The van der Waals surface area contributed by atoms with E-state index < -0.39 is 0 Å². The first-order chi connectivity index (χ1) is 11.6. The number of hydrogen-bond acceptors (Lipinski definition) is 4. The largest absolute Gasteiger partial charge is 0.343 e. The average Bonchev–Trinajstić information content (AvgIpc) is 3.08. The monoisotopic (exact) mass is 363 g/mol. The third kappa shape index (κ3) is 3.27. The molecule has 0 atom stereocenters. The molecular weight excluding hydrogens is 346 g/mol. The van der Waals surface area contributed by atoms with E-state index in [-0.39, 0.29) is 5.69 Å². The number of aromatic amines is 1. The lowest BCUT2D eigenvalue weighted by atomic mass is 10.3. The molecule has 0 unspecified atom stereocenters. The van der Waals surface area contributed by atoms with E-state index >= 15 is 0 Å². The molecule has 126 valence electrons. The van der Waals surface area contributed by atoms with Gasteiger partial charge >= 0.3 is 5.69 Å². The minimum absolute atomic E-state index is 0.179. The number of nitrogens with zero attached hydrogens (tertiary/aromatic N) is 4. The molecule has 2 heterocycles. The highest BCUT2D eigenvalue weighted by Crippen LogP contribution is 2.29. The molecule has 3 rings (SSSR count). The van der Waals surface area contributed by atoms with Gasteiger partial charge in [-0.05, 0) is 25.5 Å². The van der Waals surface area contributed by atoms with Gasteiger partial charge in [0.25, 0.3) is 0 Å². The summed E-state index contributed by atoms with van der Waals surface area (Å²) in [5.41, 5.74) is 2.56. The number of para-hydroxylation sites is 1. The second-order valence-corrected chi connectivity index (χ2v) is 6.65. The van der Waals surface area contributed by atoms with Crippen LogP contribution in [-0.4, -0.2) is 24.5 Å². The fraction of sp³-hybridized carbons (Fsp3) is 0.312. The maximum Gasteiger partial charge on any atom is 0.343 e. The quantitative estimate of drug-likeness (QED) is 0.681. The van der Waals surface area contributed by atoms with Crippen LogP contribution in [0.3, 0.4) is 0 Å². The van der Waals surface area contributed by atoms with Gasteiger partial charge in [-0.15, -0.1) is 5.10 Å². The topological polar surface area (TPSA) is 68.5 Å². The Morgan fingerprint density at radius 3 is 2.75 bits per heavy atom. The predicted molar refractivity (Wildman–Crippen MR) is 96.0 cm³/mol. The predicted octanol–water partition coefficient (Wildman–Crippen LogP) is 3.42. The summed E-state index contributed by atoms with van der Waals surface area (Å²) < 4.78 is 3.38. The van der Waals surface area contributed by atoms with Crippen LogP contribution in [0.1, 0.15) is 24.6 Å². The number of nitrogens with one attached hydrogen (secondary N) is 1. The molecule has 0 fully saturated rings. The number of thioether (sulfide) groups is 1. The molecule has 0 radical (unpaired) electrons. The Hall–Kier alpha value is -1.99. The van der Waals surface area contributed by atoms with E-state index in [0.717, 1.165) is 23.4 Å². The zero-order valence-corrected chi connectivity index (χ0v) is 15.1. The molecule has 0 bridgehead atoms. The van der Waals surface area contributed by atoms with Crippen molar-refractivity contribution in [2.75, 3.05) is 0 Å². The van der Waals surface area contributed by atoms with Gasteiger partial charge in [0.05, 0.1) is 11.4 Å². The lowest BCUT2D eigenvalue weighted by Gasteiger charge is -2.04. The van der Waals surface area contributed by atoms with Gasteiger partial charge in [-0.25, -0.2) is 14.6 Å². The number of aryl methyl sites for hydroxylation is 1. The Kier molecular flexibility index (Phi) is 5.11. The summed E-state index contributed by atoms with van der Waals surface area (Å²) >= 11 is 8.01. The summed E-state index contributed by atoms with van der Waals surface area (Å²) in [6.45, 7) is 4.61. The smallest absolute Gasteiger partial charge is 0.270 e. The van der Waals surface area contributed by atoms with Crippen LogP contribution >= 0.6 is 23.4 Å². The van der Waals surface area contributed by atoms with E-state index in [4.69, 9.17) is 11.6 Å². The fourth-order valence-corrected chi connectivity index (χ4v) is 3.88. The molecular formula is C16H18ClN5OS. The van der Waals surface area contributed by atoms with Crippen molar-refractivity contribution in [3.63, 3.8) is 0 Å². The average molecular weight is 364 g/mol. The third-order valence-corrected chi connectivity index (χ3v) is 5.03. The van der Waals surface area contributed by atoms with Gasteiger partial charge < -0.3 is 0 Å². The number of hydrogen-bond donors (Lipinski definition) is 1. The van der Waals surface area contributed by atoms with Crippen LogP contribution in [0.2, 0.25) is 5.15 Å². The van der Waals surface area contributed by atoms with Crippen molar-refractivity contribution in [1.82, 2.24) is 24.5 Å². The molecule has 2 aromatic heterocycles. The number of rotatable bonds is 6. The zero-order valence-electron chi connectivity index (χ0n) is 13.5. The van der Waals surface area contributed by atoms with Gasteiger partial charge in [0.2, 0.25) is 0 Å². The molecule has 3 aromatic rings. The summed E-state index contributed by atoms with van der Waals surface area (Å²) in [5, 5.41) is 12.4. The van der Waals surface area contributed by atoms with E-state index in [1.54, 1.807) is 9.25 Å². The van der Waals surface area contributed by atoms with Gasteiger partial charge in [-0.1, -0.05) is 48.5 Å². The van der Waals surface area contributed by atoms with Crippen molar-refractivity contribution in [2.45, 2.75) is 37.7 Å².